The molecule has 1 heterocycles. The highest BCUT2D eigenvalue weighted by atomic mass is 35.5. The largest absolute Gasteiger partial charge is 0.323 e. The topological polar surface area (TPSA) is 26.0 Å². The van der Waals surface area contributed by atoms with Crippen molar-refractivity contribution in [1.29, 1.82) is 0 Å². The highest BCUT2D eigenvalue weighted by Gasteiger charge is 2.11. The van der Waals surface area contributed by atoms with Crippen LogP contribution in [0.4, 0.5) is 0 Å². The third-order valence-corrected chi connectivity index (χ3v) is 3.77. The molecule has 15 heavy (non-hydrogen) atoms. The molecule has 0 saturated heterocycles. The van der Waals surface area contributed by atoms with Crippen molar-refractivity contribution in [3.8, 4) is 0 Å². The van der Waals surface area contributed by atoms with Gasteiger partial charge in [-0.15, -0.1) is 11.3 Å². The fourth-order valence-corrected chi connectivity index (χ4v) is 2.73. The van der Waals surface area contributed by atoms with Gasteiger partial charge < -0.3 is 5.73 Å². The predicted molar refractivity (Wildman–Crippen MR) is 66.4 cm³/mol. The Morgan fingerprint density at radius 3 is 2.53 bits per heavy atom. The first-order valence-corrected chi connectivity index (χ1v) is 6.05. The zero-order valence-corrected chi connectivity index (χ0v) is 9.76. The van der Waals surface area contributed by atoms with Gasteiger partial charge in [0, 0.05) is 10.9 Å². The third kappa shape index (κ3) is 2.59. The molecule has 2 N–H and O–H groups in total. The van der Waals surface area contributed by atoms with Crippen molar-refractivity contribution in [2.45, 2.75) is 12.5 Å². The summed E-state index contributed by atoms with van der Waals surface area (Å²) in [5.74, 6) is 0. The van der Waals surface area contributed by atoms with Crippen LogP contribution >= 0.6 is 22.9 Å². The van der Waals surface area contributed by atoms with Crippen LogP contribution in [0.3, 0.4) is 0 Å². The van der Waals surface area contributed by atoms with E-state index in [0.717, 1.165) is 16.3 Å². The maximum atomic E-state index is 6.10. The summed E-state index contributed by atoms with van der Waals surface area (Å²) in [5, 5.41) is 2.76. The van der Waals surface area contributed by atoms with Crippen LogP contribution in [0.5, 0.6) is 0 Å². The predicted octanol–water partition coefficient (Wildman–Crippen LogP) is 3.64. The molecular weight excluding hydrogens is 226 g/mol. The van der Waals surface area contributed by atoms with Crippen molar-refractivity contribution in [2.24, 2.45) is 5.73 Å². The first-order chi connectivity index (χ1) is 7.27. The molecular formula is C12H12ClNS. The van der Waals surface area contributed by atoms with E-state index in [1.54, 1.807) is 11.3 Å². The number of nitrogens with two attached hydrogens (primary N) is 1. The molecule has 2 rings (SSSR count). The average Bonchev–Trinajstić information content (AvgIpc) is 2.66. The SMILES string of the molecule is NC(Cc1ccccc1)c1sccc1Cl. The average molecular weight is 238 g/mol. The van der Waals surface area contributed by atoms with Gasteiger partial charge in [0.05, 0.1) is 5.02 Å². The standard InChI is InChI=1S/C12H12ClNS/c13-10-6-7-15-12(10)11(14)8-9-4-2-1-3-5-9/h1-7,11H,8,14H2. The molecule has 2 aromatic rings. The molecule has 1 aromatic carbocycles. The summed E-state index contributed by atoms with van der Waals surface area (Å²) in [6.07, 6.45) is 0.834. The van der Waals surface area contributed by atoms with E-state index in [1.165, 1.54) is 5.56 Å². The van der Waals surface area contributed by atoms with Crippen LogP contribution in [0, 0.1) is 0 Å². The van der Waals surface area contributed by atoms with E-state index in [2.05, 4.69) is 12.1 Å². The van der Waals surface area contributed by atoms with E-state index in [1.807, 2.05) is 29.6 Å². The van der Waals surface area contributed by atoms with Gasteiger partial charge in [-0.25, -0.2) is 0 Å². The minimum absolute atomic E-state index is 0.0000926. The van der Waals surface area contributed by atoms with Gasteiger partial charge in [-0.3, -0.25) is 0 Å². The first-order valence-electron chi connectivity index (χ1n) is 4.80. The maximum Gasteiger partial charge on any atom is 0.0561 e. The Morgan fingerprint density at radius 2 is 1.93 bits per heavy atom. The Morgan fingerprint density at radius 1 is 1.20 bits per heavy atom. The highest BCUT2D eigenvalue weighted by molar-refractivity contribution is 7.10. The van der Waals surface area contributed by atoms with Crippen LogP contribution in [-0.2, 0) is 6.42 Å². The molecule has 3 heteroatoms. The first kappa shape index (κ1) is 10.7. The van der Waals surface area contributed by atoms with Crippen molar-refractivity contribution < 1.29 is 0 Å². The van der Waals surface area contributed by atoms with E-state index < -0.39 is 0 Å². The summed E-state index contributed by atoms with van der Waals surface area (Å²) in [6.45, 7) is 0. The van der Waals surface area contributed by atoms with Gasteiger partial charge in [0.25, 0.3) is 0 Å². The van der Waals surface area contributed by atoms with E-state index in [4.69, 9.17) is 17.3 Å². The second-order valence-corrected chi connectivity index (χ2v) is 4.78. The molecule has 0 saturated carbocycles. The monoisotopic (exact) mass is 237 g/mol. The van der Waals surface area contributed by atoms with Gasteiger partial charge in [-0.05, 0) is 23.4 Å². The zero-order chi connectivity index (χ0) is 10.7. The number of hydrogen-bond acceptors (Lipinski definition) is 2. The molecule has 0 aliphatic rings. The fraction of sp³-hybridized carbons (Fsp3) is 0.167. The molecule has 0 fully saturated rings. The van der Waals surface area contributed by atoms with Crippen LogP contribution < -0.4 is 5.73 Å². The van der Waals surface area contributed by atoms with Gasteiger partial charge in [0.15, 0.2) is 0 Å². The summed E-state index contributed by atoms with van der Waals surface area (Å²) in [7, 11) is 0. The molecule has 0 aliphatic carbocycles. The molecule has 1 aromatic heterocycles. The molecule has 0 bridgehead atoms. The van der Waals surface area contributed by atoms with Crippen LogP contribution in [0.25, 0.3) is 0 Å². The summed E-state index contributed by atoms with van der Waals surface area (Å²) in [6, 6.07) is 12.1. The Kier molecular flexibility index (Phi) is 3.41. The lowest BCUT2D eigenvalue weighted by molar-refractivity contribution is 0.737. The summed E-state index contributed by atoms with van der Waals surface area (Å²) in [4.78, 5) is 1.07. The number of halogens is 1. The Bertz CT molecular complexity index is 424. The van der Waals surface area contributed by atoms with Crippen molar-refractivity contribution in [3.63, 3.8) is 0 Å². The fourth-order valence-electron chi connectivity index (χ4n) is 1.53. The smallest absolute Gasteiger partial charge is 0.0561 e. The van der Waals surface area contributed by atoms with Crippen LogP contribution in [0.15, 0.2) is 41.8 Å². The van der Waals surface area contributed by atoms with E-state index in [0.29, 0.717) is 0 Å². The van der Waals surface area contributed by atoms with Crippen LogP contribution in [0.1, 0.15) is 16.5 Å². The van der Waals surface area contributed by atoms with Gasteiger partial charge in [-0.1, -0.05) is 41.9 Å². The molecule has 0 radical (unpaired) electrons. The normalized spacial score (nSPS) is 12.7. The molecule has 1 atom stereocenters. The lowest BCUT2D eigenvalue weighted by Gasteiger charge is -2.10. The highest BCUT2D eigenvalue weighted by Crippen LogP contribution is 2.29. The van der Waals surface area contributed by atoms with E-state index in [-0.39, 0.29) is 6.04 Å². The van der Waals surface area contributed by atoms with Crippen molar-refractivity contribution in [2.75, 3.05) is 0 Å². The van der Waals surface area contributed by atoms with Crippen molar-refractivity contribution in [3.05, 3.63) is 57.2 Å². The van der Waals surface area contributed by atoms with Crippen LogP contribution in [0.2, 0.25) is 5.02 Å². The third-order valence-electron chi connectivity index (χ3n) is 2.28. The van der Waals surface area contributed by atoms with Crippen molar-refractivity contribution in [1.82, 2.24) is 0 Å². The Labute approximate surface area is 98.5 Å². The number of rotatable bonds is 3. The van der Waals surface area contributed by atoms with Crippen molar-refractivity contribution >= 4 is 22.9 Å². The van der Waals surface area contributed by atoms with Gasteiger partial charge >= 0.3 is 0 Å². The second kappa shape index (κ2) is 4.79. The minimum atomic E-state index is -0.0000926. The molecule has 0 spiro atoms. The zero-order valence-electron chi connectivity index (χ0n) is 8.19. The summed E-state index contributed by atoms with van der Waals surface area (Å²) < 4.78 is 0. The lowest BCUT2D eigenvalue weighted by Crippen LogP contribution is -2.12. The van der Waals surface area contributed by atoms with Gasteiger partial charge in [0.1, 0.15) is 0 Å². The number of thiophene rings is 1. The molecule has 78 valence electrons. The Balaban J connectivity index is 2.11. The summed E-state index contributed by atoms with van der Waals surface area (Å²) in [5.41, 5.74) is 7.34. The lowest BCUT2D eigenvalue weighted by atomic mass is 10.1. The maximum absolute atomic E-state index is 6.10. The number of hydrogen-bond donors (Lipinski definition) is 1. The van der Waals surface area contributed by atoms with E-state index >= 15 is 0 Å². The molecule has 0 amide bonds. The quantitative estimate of drug-likeness (QED) is 0.867. The van der Waals surface area contributed by atoms with E-state index in [9.17, 15) is 0 Å². The Hall–Kier alpha value is -0.830. The second-order valence-electron chi connectivity index (χ2n) is 3.43. The van der Waals surface area contributed by atoms with Gasteiger partial charge in [0.2, 0.25) is 0 Å². The molecule has 1 unspecified atom stereocenters. The van der Waals surface area contributed by atoms with Gasteiger partial charge in [-0.2, -0.15) is 0 Å². The minimum Gasteiger partial charge on any atom is -0.323 e. The van der Waals surface area contributed by atoms with Crippen LogP contribution in [-0.4, -0.2) is 0 Å². The molecule has 1 nitrogen and oxygen atoms in total. The summed E-state index contributed by atoms with van der Waals surface area (Å²) >= 11 is 7.65. The number of benzene rings is 1. The molecule has 0 aliphatic heterocycles.